The van der Waals surface area contributed by atoms with Crippen LogP contribution in [0.1, 0.15) is 5.56 Å². The number of benzene rings is 1. The molecule has 1 aliphatic rings. The Morgan fingerprint density at radius 3 is 2.94 bits per heavy atom. The van der Waals surface area contributed by atoms with E-state index in [9.17, 15) is 9.59 Å². The van der Waals surface area contributed by atoms with Crippen LogP contribution >= 0.6 is 12.6 Å². The lowest BCUT2D eigenvalue weighted by atomic mass is 10.1. The van der Waals surface area contributed by atoms with E-state index >= 15 is 0 Å². The molecule has 1 aromatic carbocycles. The number of nitrogens with two attached hydrogens (primary N) is 1. The molecule has 0 unspecified atom stereocenters. The van der Waals surface area contributed by atoms with E-state index in [1.165, 1.54) is 0 Å². The summed E-state index contributed by atoms with van der Waals surface area (Å²) in [4.78, 5) is 23.9. The number of imide groups is 1. The van der Waals surface area contributed by atoms with Crippen LogP contribution in [0, 0.1) is 0 Å². The fraction of sp³-hybridized carbons (Fsp3) is 0.273. The molecule has 0 atom stereocenters. The number of carbonyl (C=O) groups excluding carboxylic acids is 2. The van der Waals surface area contributed by atoms with Gasteiger partial charge in [-0.2, -0.15) is 0 Å². The predicted octanol–water partition coefficient (Wildman–Crippen LogP) is 0.963. The molecule has 2 rings (SSSR count). The predicted molar refractivity (Wildman–Crippen MR) is 66.6 cm³/mol. The summed E-state index contributed by atoms with van der Waals surface area (Å²) in [7, 11) is 0. The van der Waals surface area contributed by atoms with Crippen LogP contribution in [0.2, 0.25) is 0 Å². The van der Waals surface area contributed by atoms with Gasteiger partial charge in [-0.25, -0.2) is 4.90 Å². The normalized spacial score (nSPS) is 14.2. The fourth-order valence-corrected chi connectivity index (χ4v) is 1.95. The molecule has 1 heterocycles. The standard InChI is InChI=1S/C11H12N2O3S/c12-4-3-7-1-2-9-8(5-7)13(11(15)17)10(14)6-16-9/h1-2,5H,3-4,6,12H2,(H,15,17). The Morgan fingerprint density at radius 1 is 1.53 bits per heavy atom. The van der Waals surface area contributed by atoms with Crippen molar-refractivity contribution >= 4 is 29.5 Å². The van der Waals surface area contributed by atoms with Crippen LogP contribution in [-0.2, 0) is 11.2 Å². The molecule has 5 nitrogen and oxygen atoms in total. The minimum atomic E-state index is -0.607. The summed E-state index contributed by atoms with van der Waals surface area (Å²) in [5, 5.41) is -0.607. The van der Waals surface area contributed by atoms with Crippen molar-refractivity contribution in [2.75, 3.05) is 18.1 Å². The number of nitrogens with zero attached hydrogens (tertiary/aromatic N) is 1. The molecular weight excluding hydrogens is 240 g/mol. The third-order valence-electron chi connectivity index (χ3n) is 2.49. The number of anilines is 1. The highest BCUT2D eigenvalue weighted by Gasteiger charge is 2.29. The number of amides is 2. The van der Waals surface area contributed by atoms with E-state index in [-0.39, 0.29) is 6.61 Å². The number of hydrogen-bond donors (Lipinski definition) is 2. The Labute approximate surface area is 104 Å². The van der Waals surface area contributed by atoms with Crippen molar-refractivity contribution in [1.29, 1.82) is 0 Å². The van der Waals surface area contributed by atoms with E-state index in [1.54, 1.807) is 12.1 Å². The SMILES string of the molecule is NCCc1ccc2c(c1)N(C(=O)S)C(=O)CO2. The molecule has 2 amide bonds. The molecule has 0 fully saturated rings. The number of carbonyl (C=O) groups is 2. The summed E-state index contributed by atoms with van der Waals surface area (Å²) in [6.45, 7) is 0.359. The quantitative estimate of drug-likeness (QED) is 0.769. The zero-order valence-electron chi connectivity index (χ0n) is 9.05. The first-order valence-electron chi connectivity index (χ1n) is 5.15. The Balaban J connectivity index is 2.45. The largest absolute Gasteiger partial charge is 0.482 e. The fourth-order valence-electron chi connectivity index (χ4n) is 1.73. The maximum atomic E-state index is 11.6. The highest BCUT2D eigenvalue weighted by molar-refractivity contribution is 7.97. The highest BCUT2D eigenvalue weighted by Crippen LogP contribution is 2.33. The minimum absolute atomic E-state index is 0.143. The Kier molecular flexibility index (Phi) is 3.35. The van der Waals surface area contributed by atoms with Crippen LogP contribution in [0.3, 0.4) is 0 Å². The molecule has 0 radical (unpaired) electrons. The lowest BCUT2D eigenvalue weighted by molar-refractivity contribution is -0.120. The third kappa shape index (κ3) is 2.27. The topological polar surface area (TPSA) is 72.6 Å². The molecule has 2 N–H and O–H groups in total. The molecule has 1 aliphatic heterocycles. The van der Waals surface area contributed by atoms with Gasteiger partial charge in [0.1, 0.15) is 5.75 Å². The van der Waals surface area contributed by atoms with E-state index in [2.05, 4.69) is 12.6 Å². The first-order chi connectivity index (χ1) is 8.13. The van der Waals surface area contributed by atoms with E-state index in [0.29, 0.717) is 24.4 Å². The molecular formula is C11H12N2O3S. The first-order valence-corrected chi connectivity index (χ1v) is 5.60. The third-order valence-corrected chi connectivity index (χ3v) is 2.69. The lowest BCUT2D eigenvalue weighted by Gasteiger charge is -2.26. The second-order valence-electron chi connectivity index (χ2n) is 3.64. The van der Waals surface area contributed by atoms with Gasteiger partial charge in [0, 0.05) is 0 Å². The summed E-state index contributed by atoms with van der Waals surface area (Å²) in [5.41, 5.74) is 6.85. The lowest BCUT2D eigenvalue weighted by Crippen LogP contribution is -2.40. The van der Waals surface area contributed by atoms with Crippen LogP contribution in [0.25, 0.3) is 0 Å². The van der Waals surface area contributed by atoms with Gasteiger partial charge >= 0.3 is 0 Å². The summed E-state index contributed by atoms with van der Waals surface area (Å²) in [5.74, 6) is 0.0927. The van der Waals surface area contributed by atoms with Gasteiger partial charge < -0.3 is 10.5 Å². The van der Waals surface area contributed by atoms with Crippen molar-refractivity contribution in [3.8, 4) is 5.75 Å². The van der Waals surface area contributed by atoms with Crippen molar-refractivity contribution in [2.24, 2.45) is 5.73 Å². The average molecular weight is 252 g/mol. The maximum absolute atomic E-state index is 11.6. The number of fused-ring (bicyclic) bond motifs is 1. The second-order valence-corrected chi connectivity index (χ2v) is 4.02. The molecule has 6 heteroatoms. The number of thiol groups is 1. The average Bonchev–Trinajstić information content (AvgIpc) is 2.28. The smallest absolute Gasteiger partial charge is 0.290 e. The van der Waals surface area contributed by atoms with Crippen LogP contribution in [0.15, 0.2) is 18.2 Å². The van der Waals surface area contributed by atoms with E-state index < -0.39 is 11.1 Å². The molecule has 0 spiro atoms. The molecule has 0 bridgehead atoms. The van der Waals surface area contributed by atoms with Crippen LogP contribution < -0.4 is 15.4 Å². The second kappa shape index (κ2) is 4.77. The van der Waals surface area contributed by atoms with Gasteiger partial charge in [-0.05, 0) is 30.7 Å². The van der Waals surface area contributed by atoms with Gasteiger partial charge in [-0.1, -0.05) is 18.7 Å². The summed E-state index contributed by atoms with van der Waals surface area (Å²) < 4.78 is 5.24. The van der Waals surface area contributed by atoms with Crippen molar-refractivity contribution in [2.45, 2.75) is 6.42 Å². The monoisotopic (exact) mass is 252 g/mol. The number of hydrogen-bond acceptors (Lipinski definition) is 4. The number of rotatable bonds is 2. The van der Waals surface area contributed by atoms with Gasteiger partial charge in [0.2, 0.25) is 0 Å². The zero-order valence-corrected chi connectivity index (χ0v) is 9.94. The Morgan fingerprint density at radius 2 is 2.29 bits per heavy atom. The van der Waals surface area contributed by atoms with Gasteiger partial charge in [0.05, 0.1) is 5.69 Å². The van der Waals surface area contributed by atoms with Gasteiger partial charge in [0.25, 0.3) is 11.1 Å². The summed E-state index contributed by atoms with van der Waals surface area (Å²) in [6.07, 6.45) is 0.677. The highest BCUT2D eigenvalue weighted by atomic mass is 32.1. The van der Waals surface area contributed by atoms with E-state index in [0.717, 1.165) is 10.5 Å². The molecule has 0 saturated heterocycles. The van der Waals surface area contributed by atoms with Crippen molar-refractivity contribution in [3.05, 3.63) is 23.8 Å². The van der Waals surface area contributed by atoms with Crippen molar-refractivity contribution < 1.29 is 14.3 Å². The van der Waals surface area contributed by atoms with Gasteiger partial charge in [-0.15, -0.1) is 0 Å². The Bertz CT molecular complexity index is 476. The first kappa shape index (κ1) is 11.9. The minimum Gasteiger partial charge on any atom is -0.482 e. The van der Waals surface area contributed by atoms with Gasteiger partial charge in [0.15, 0.2) is 6.61 Å². The number of ether oxygens (including phenoxy) is 1. The Hall–Kier alpha value is -1.53. The molecule has 17 heavy (non-hydrogen) atoms. The molecule has 0 aliphatic carbocycles. The summed E-state index contributed by atoms with van der Waals surface area (Å²) >= 11 is 3.70. The van der Waals surface area contributed by atoms with Crippen LogP contribution in [-0.4, -0.2) is 24.3 Å². The molecule has 1 aromatic rings. The zero-order chi connectivity index (χ0) is 12.4. The van der Waals surface area contributed by atoms with Crippen molar-refractivity contribution in [3.63, 3.8) is 0 Å². The van der Waals surface area contributed by atoms with Crippen LogP contribution in [0.5, 0.6) is 5.75 Å². The maximum Gasteiger partial charge on any atom is 0.290 e. The summed E-state index contributed by atoms with van der Waals surface area (Å²) in [6, 6.07) is 5.33. The van der Waals surface area contributed by atoms with Gasteiger partial charge in [-0.3, -0.25) is 9.59 Å². The molecule has 90 valence electrons. The van der Waals surface area contributed by atoms with E-state index in [4.69, 9.17) is 10.5 Å². The molecule has 0 aromatic heterocycles. The molecule has 0 saturated carbocycles. The van der Waals surface area contributed by atoms with Crippen molar-refractivity contribution in [1.82, 2.24) is 0 Å². The van der Waals surface area contributed by atoms with Crippen LogP contribution in [0.4, 0.5) is 10.5 Å². The van der Waals surface area contributed by atoms with E-state index in [1.807, 2.05) is 6.07 Å².